The number of hydrogen-bond donors (Lipinski definition) is 1. The van der Waals surface area contributed by atoms with Crippen LogP contribution in [0.2, 0.25) is 0 Å². The van der Waals surface area contributed by atoms with Crippen LogP contribution in [0.4, 0.5) is 16.0 Å². The summed E-state index contributed by atoms with van der Waals surface area (Å²) in [6, 6.07) is 13.3. The van der Waals surface area contributed by atoms with Gasteiger partial charge >= 0.3 is 5.69 Å². The van der Waals surface area contributed by atoms with E-state index in [0.29, 0.717) is 5.95 Å². The van der Waals surface area contributed by atoms with E-state index in [1.54, 1.807) is 16.7 Å². The fourth-order valence-corrected chi connectivity index (χ4v) is 3.16. The van der Waals surface area contributed by atoms with E-state index < -0.39 is 5.54 Å². The van der Waals surface area contributed by atoms with Gasteiger partial charge in [-0.1, -0.05) is 12.1 Å². The van der Waals surface area contributed by atoms with Crippen LogP contribution in [0.5, 0.6) is 5.75 Å². The Morgan fingerprint density at radius 2 is 1.60 bits per heavy atom. The number of benzene rings is 2. The standard InChI is InChI=1S/C23H29FN4O2/c1-15(2)30-20-13-11-19(12-14-20)25-21-26-28(23(4,5)6)22(29)27(21)16(3)17-7-9-18(24)10-8-17/h7-16H,1-6H3,(H,25,26). The van der Waals surface area contributed by atoms with Gasteiger partial charge in [-0.25, -0.2) is 13.9 Å². The van der Waals surface area contributed by atoms with Gasteiger partial charge in [0.25, 0.3) is 0 Å². The fraction of sp³-hybridized carbons (Fsp3) is 0.391. The molecule has 1 unspecified atom stereocenters. The van der Waals surface area contributed by atoms with Crippen molar-refractivity contribution in [2.45, 2.75) is 59.2 Å². The van der Waals surface area contributed by atoms with Crippen LogP contribution in [0, 0.1) is 5.82 Å². The van der Waals surface area contributed by atoms with Crippen molar-refractivity contribution < 1.29 is 9.13 Å². The molecule has 3 aromatic rings. The molecule has 3 rings (SSSR count). The minimum Gasteiger partial charge on any atom is -0.491 e. The number of hydrogen-bond acceptors (Lipinski definition) is 4. The highest BCUT2D eigenvalue weighted by Gasteiger charge is 2.25. The Morgan fingerprint density at radius 1 is 1.00 bits per heavy atom. The molecule has 30 heavy (non-hydrogen) atoms. The first-order valence-electron chi connectivity index (χ1n) is 10.1. The molecule has 1 aromatic heterocycles. The van der Waals surface area contributed by atoms with Gasteiger partial charge in [0.05, 0.1) is 17.7 Å². The maximum Gasteiger partial charge on any atom is 0.348 e. The van der Waals surface area contributed by atoms with Gasteiger partial charge in [-0.05, 0) is 83.5 Å². The molecular weight excluding hydrogens is 383 g/mol. The molecule has 1 heterocycles. The van der Waals surface area contributed by atoms with E-state index >= 15 is 0 Å². The zero-order valence-corrected chi connectivity index (χ0v) is 18.3. The molecule has 1 N–H and O–H groups in total. The Bertz CT molecular complexity index is 1040. The van der Waals surface area contributed by atoms with Crippen LogP contribution in [0.15, 0.2) is 53.3 Å². The van der Waals surface area contributed by atoms with E-state index in [-0.39, 0.29) is 23.7 Å². The molecule has 1 atom stereocenters. The average Bonchev–Trinajstić information content (AvgIpc) is 2.99. The number of nitrogens with zero attached hydrogens (tertiary/aromatic N) is 3. The summed E-state index contributed by atoms with van der Waals surface area (Å²) in [7, 11) is 0. The second-order valence-electron chi connectivity index (χ2n) is 8.60. The molecule has 0 saturated heterocycles. The summed E-state index contributed by atoms with van der Waals surface area (Å²) in [5.74, 6) is 0.878. The lowest BCUT2D eigenvalue weighted by molar-refractivity contribution is 0.242. The Balaban J connectivity index is 2.00. The summed E-state index contributed by atoms with van der Waals surface area (Å²) in [6.45, 7) is 11.6. The molecule has 0 aliphatic carbocycles. The van der Waals surface area contributed by atoms with E-state index in [2.05, 4.69) is 10.4 Å². The highest BCUT2D eigenvalue weighted by Crippen LogP contribution is 2.25. The van der Waals surface area contributed by atoms with E-state index in [4.69, 9.17) is 4.74 Å². The van der Waals surface area contributed by atoms with Crippen LogP contribution in [-0.4, -0.2) is 20.5 Å². The normalized spacial score (nSPS) is 12.8. The van der Waals surface area contributed by atoms with E-state index in [9.17, 15) is 9.18 Å². The molecule has 0 radical (unpaired) electrons. The highest BCUT2D eigenvalue weighted by molar-refractivity contribution is 5.55. The molecule has 0 aliphatic rings. The maximum absolute atomic E-state index is 13.4. The van der Waals surface area contributed by atoms with E-state index in [1.165, 1.54) is 16.8 Å². The molecule has 6 nitrogen and oxygen atoms in total. The van der Waals surface area contributed by atoms with Crippen LogP contribution in [-0.2, 0) is 5.54 Å². The molecule has 0 spiro atoms. The highest BCUT2D eigenvalue weighted by atomic mass is 19.1. The summed E-state index contributed by atoms with van der Waals surface area (Å²) in [5.41, 5.74) is 0.873. The third-order valence-corrected chi connectivity index (χ3v) is 4.67. The minimum atomic E-state index is -0.490. The van der Waals surface area contributed by atoms with Gasteiger partial charge in [-0.2, -0.15) is 0 Å². The van der Waals surface area contributed by atoms with Gasteiger partial charge < -0.3 is 10.1 Å². The van der Waals surface area contributed by atoms with Gasteiger partial charge in [0.2, 0.25) is 5.95 Å². The molecule has 0 saturated carbocycles. The number of rotatable bonds is 6. The van der Waals surface area contributed by atoms with Crippen LogP contribution < -0.4 is 15.7 Å². The number of halogens is 1. The van der Waals surface area contributed by atoms with Crippen molar-refractivity contribution in [2.75, 3.05) is 5.32 Å². The number of nitrogens with one attached hydrogen (secondary N) is 1. The van der Waals surface area contributed by atoms with Crippen molar-refractivity contribution in [3.8, 4) is 5.75 Å². The molecule has 0 bridgehead atoms. The molecule has 2 aromatic carbocycles. The molecule has 0 amide bonds. The van der Waals surface area contributed by atoms with E-state index in [0.717, 1.165) is 17.0 Å². The second-order valence-corrected chi connectivity index (χ2v) is 8.60. The summed E-state index contributed by atoms with van der Waals surface area (Å²) < 4.78 is 22.1. The van der Waals surface area contributed by atoms with Crippen LogP contribution in [0.3, 0.4) is 0 Å². The zero-order chi connectivity index (χ0) is 22.1. The lowest BCUT2D eigenvalue weighted by Gasteiger charge is -2.17. The van der Waals surface area contributed by atoms with Crippen molar-refractivity contribution in [1.82, 2.24) is 14.3 Å². The van der Waals surface area contributed by atoms with Crippen molar-refractivity contribution in [1.29, 1.82) is 0 Å². The first-order chi connectivity index (χ1) is 14.1. The van der Waals surface area contributed by atoms with Gasteiger partial charge in [-0.15, -0.1) is 5.10 Å². The third kappa shape index (κ3) is 4.72. The smallest absolute Gasteiger partial charge is 0.348 e. The summed E-state index contributed by atoms with van der Waals surface area (Å²) in [6.07, 6.45) is 0.0908. The van der Waals surface area contributed by atoms with Crippen LogP contribution in [0.25, 0.3) is 0 Å². The number of ether oxygens (including phenoxy) is 1. The summed E-state index contributed by atoms with van der Waals surface area (Å²) in [5, 5.41) is 7.81. The molecule has 0 aliphatic heterocycles. The quantitative estimate of drug-likeness (QED) is 0.613. The zero-order valence-electron chi connectivity index (χ0n) is 18.3. The van der Waals surface area contributed by atoms with Gasteiger partial charge in [0.1, 0.15) is 11.6 Å². The second kappa shape index (κ2) is 8.34. The van der Waals surface area contributed by atoms with Gasteiger partial charge in [0.15, 0.2) is 0 Å². The van der Waals surface area contributed by atoms with Crippen LogP contribution >= 0.6 is 0 Å². The molecule has 7 heteroatoms. The predicted molar refractivity (Wildman–Crippen MR) is 117 cm³/mol. The molecular formula is C23H29FN4O2. The van der Waals surface area contributed by atoms with Gasteiger partial charge in [0, 0.05) is 5.69 Å². The Hall–Kier alpha value is -3.09. The van der Waals surface area contributed by atoms with Crippen LogP contribution in [0.1, 0.15) is 53.1 Å². The number of anilines is 2. The monoisotopic (exact) mass is 412 g/mol. The first-order valence-corrected chi connectivity index (χ1v) is 10.1. The lowest BCUT2D eigenvalue weighted by atomic mass is 10.1. The van der Waals surface area contributed by atoms with Crippen molar-refractivity contribution in [3.63, 3.8) is 0 Å². The fourth-order valence-electron chi connectivity index (χ4n) is 3.16. The predicted octanol–water partition coefficient (Wildman–Crippen LogP) is 5.08. The Kier molecular flexibility index (Phi) is 6.01. The van der Waals surface area contributed by atoms with Crippen molar-refractivity contribution in [2.24, 2.45) is 0 Å². The number of aromatic nitrogens is 3. The topological polar surface area (TPSA) is 61.1 Å². The third-order valence-electron chi connectivity index (χ3n) is 4.67. The first kappa shape index (κ1) is 21.6. The van der Waals surface area contributed by atoms with Crippen molar-refractivity contribution >= 4 is 11.6 Å². The molecule has 0 fully saturated rings. The lowest BCUT2D eigenvalue weighted by Crippen LogP contribution is -2.36. The average molecular weight is 413 g/mol. The SMILES string of the molecule is CC(C)Oc1ccc(Nc2nn(C(C)(C)C)c(=O)n2C(C)c2ccc(F)cc2)cc1. The van der Waals surface area contributed by atoms with Crippen molar-refractivity contribution in [3.05, 3.63) is 70.4 Å². The minimum absolute atomic E-state index is 0.0908. The summed E-state index contributed by atoms with van der Waals surface area (Å²) in [4.78, 5) is 13.2. The molecule has 160 valence electrons. The van der Waals surface area contributed by atoms with E-state index in [1.807, 2.05) is 65.8 Å². The van der Waals surface area contributed by atoms with Gasteiger partial charge in [-0.3, -0.25) is 4.57 Å². The Morgan fingerprint density at radius 3 is 2.13 bits per heavy atom. The largest absolute Gasteiger partial charge is 0.491 e. The maximum atomic E-state index is 13.4. The summed E-state index contributed by atoms with van der Waals surface area (Å²) >= 11 is 0. The Labute approximate surface area is 176 Å².